The first-order valence-corrected chi connectivity index (χ1v) is 7.38. The minimum Gasteiger partial charge on any atom is -0.508 e. The van der Waals surface area contributed by atoms with E-state index in [0.717, 1.165) is 29.3 Å². The number of phenols is 1. The molecule has 2 rings (SSSR count). The van der Waals surface area contributed by atoms with Crippen LogP contribution in [0.25, 0.3) is 0 Å². The van der Waals surface area contributed by atoms with Crippen molar-refractivity contribution in [3.05, 3.63) is 65.5 Å². The van der Waals surface area contributed by atoms with Crippen LogP contribution in [0.4, 0.5) is 4.39 Å². The molecule has 3 heteroatoms. The molecule has 0 amide bonds. The van der Waals surface area contributed by atoms with Crippen molar-refractivity contribution in [2.24, 2.45) is 5.92 Å². The SMILES string of the molecule is Oc1cccc(CC(CBr)Cc2cccc(F)c2)c1. The largest absolute Gasteiger partial charge is 0.508 e. The second-order valence-electron chi connectivity index (χ2n) is 4.73. The van der Waals surface area contributed by atoms with Gasteiger partial charge in [0, 0.05) is 5.33 Å². The molecule has 0 aromatic heterocycles. The van der Waals surface area contributed by atoms with Crippen molar-refractivity contribution < 1.29 is 9.50 Å². The molecule has 0 aliphatic carbocycles. The van der Waals surface area contributed by atoms with Crippen LogP contribution >= 0.6 is 15.9 Å². The molecule has 19 heavy (non-hydrogen) atoms. The first kappa shape index (κ1) is 14.1. The van der Waals surface area contributed by atoms with E-state index in [2.05, 4.69) is 15.9 Å². The Balaban J connectivity index is 2.04. The van der Waals surface area contributed by atoms with E-state index in [4.69, 9.17) is 0 Å². The first-order chi connectivity index (χ1) is 9.17. The van der Waals surface area contributed by atoms with Crippen LogP contribution in [0.2, 0.25) is 0 Å². The Bertz CT molecular complexity index is 494. The number of hydrogen-bond donors (Lipinski definition) is 1. The Morgan fingerprint density at radius 2 is 1.63 bits per heavy atom. The van der Waals surface area contributed by atoms with E-state index in [-0.39, 0.29) is 11.6 Å². The summed E-state index contributed by atoms with van der Waals surface area (Å²) >= 11 is 3.51. The zero-order valence-corrected chi connectivity index (χ0v) is 12.1. The van der Waals surface area contributed by atoms with Crippen molar-refractivity contribution in [3.63, 3.8) is 0 Å². The minimum absolute atomic E-state index is 0.192. The second kappa shape index (κ2) is 6.71. The van der Waals surface area contributed by atoms with Crippen LogP contribution in [0.3, 0.4) is 0 Å². The van der Waals surface area contributed by atoms with Gasteiger partial charge in [0.15, 0.2) is 0 Å². The lowest BCUT2D eigenvalue weighted by Crippen LogP contribution is -2.10. The number of halogens is 2. The summed E-state index contributed by atoms with van der Waals surface area (Å²) in [4.78, 5) is 0. The Kier molecular flexibility index (Phi) is 4.97. The third-order valence-electron chi connectivity index (χ3n) is 3.07. The van der Waals surface area contributed by atoms with Crippen LogP contribution in [0.5, 0.6) is 5.75 Å². The van der Waals surface area contributed by atoms with Gasteiger partial charge in [-0.2, -0.15) is 0 Å². The van der Waals surface area contributed by atoms with Gasteiger partial charge in [0.05, 0.1) is 0 Å². The molecule has 0 saturated carbocycles. The van der Waals surface area contributed by atoms with E-state index < -0.39 is 0 Å². The molecular formula is C16H16BrFO. The van der Waals surface area contributed by atoms with E-state index in [1.54, 1.807) is 24.3 Å². The molecule has 1 unspecified atom stereocenters. The maximum Gasteiger partial charge on any atom is 0.123 e. The van der Waals surface area contributed by atoms with Crippen molar-refractivity contribution in [3.8, 4) is 5.75 Å². The second-order valence-corrected chi connectivity index (χ2v) is 5.38. The number of alkyl halides is 1. The molecule has 1 nitrogen and oxygen atoms in total. The lowest BCUT2D eigenvalue weighted by Gasteiger charge is -2.14. The third-order valence-corrected chi connectivity index (χ3v) is 3.98. The van der Waals surface area contributed by atoms with Crippen LogP contribution in [0.15, 0.2) is 48.5 Å². The summed E-state index contributed by atoms with van der Waals surface area (Å²) in [6, 6.07) is 14.0. The summed E-state index contributed by atoms with van der Waals surface area (Å²) in [5, 5.41) is 10.3. The average Bonchev–Trinajstić information content (AvgIpc) is 2.38. The highest BCUT2D eigenvalue weighted by atomic mass is 79.9. The predicted octanol–water partition coefficient (Wildman–Crippen LogP) is 4.33. The van der Waals surface area contributed by atoms with E-state index in [1.165, 1.54) is 6.07 Å². The van der Waals surface area contributed by atoms with Crippen molar-refractivity contribution >= 4 is 15.9 Å². The molecule has 1 N–H and O–H groups in total. The zero-order valence-electron chi connectivity index (χ0n) is 10.5. The average molecular weight is 323 g/mol. The fourth-order valence-electron chi connectivity index (χ4n) is 2.20. The van der Waals surface area contributed by atoms with Crippen LogP contribution < -0.4 is 0 Å². The molecule has 0 bridgehead atoms. The topological polar surface area (TPSA) is 20.2 Å². The fraction of sp³-hybridized carbons (Fsp3) is 0.250. The molecule has 1 atom stereocenters. The molecule has 0 fully saturated rings. The van der Waals surface area contributed by atoms with Gasteiger partial charge >= 0.3 is 0 Å². The quantitative estimate of drug-likeness (QED) is 0.812. The smallest absolute Gasteiger partial charge is 0.123 e. The molecule has 2 aromatic rings. The Hall–Kier alpha value is -1.35. The maximum atomic E-state index is 13.2. The molecule has 0 aliphatic rings. The molecule has 0 aliphatic heterocycles. The highest BCUT2D eigenvalue weighted by molar-refractivity contribution is 9.09. The van der Waals surface area contributed by atoms with Crippen molar-refractivity contribution in [1.82, 2.24) is 0 Å². The fourth-order valence-corrected chi connectivity index (χ4v) is 2.65. The molecule has 0 saturated heterocycles. The number of rotatable bonds is 5. The van der Waals surface area contributed by atoms with Gasteiger partial charge in [-0.3, -0.25) is 0 Å². The predicted molar refractivity (Wildman–Crippen MR) is 79.2 cm³/mol. The van der Waals surface area contributed by atoms with Gasteiger partial charge in [0.25, 0.3) is 0 Å². The Labute approximate surface area is 121 Å². The number of aromatic hydroxyl groups is 1. The minimum atomic E-state index is -0.192. The normalized spacial score (nSPS) is 12.3. The summed E-state index contributed by atoms with van der Waals surface area (Å²) in [5.74, 6) is 0.475. The highest BCUT2D eigenvalue weighted by Crippen LogP contribution is 2.20. The zero-order chi connectivity index (χ0) is 13.7. The summed E-state index contributed by atoms with van der Waals surface area (Å²) in [7, 11) is 0. The van der Waals surface area contributed by atoms with Gasteiger partial charge in [0.2, 0.25) is 0 Å². The molecule has 0 heterocycles. The molecular weight excluding hydrogens is 307 g/mol. The van der Waals surface area contributed by atoms with Gasteiger partial charge in [-0.15, -0.1) is 0 Å². The number of phenolic OH excluding ortho intramolecular Hbond substituents is 1. The van der Waals surface area contributed by atoms with Crippen LogP contribution in [-0.2, 0) is 12.8 Å². The van der Waals surface area contributed by atoms with Gasteiger partial charge in [0.1, 0.15) is 11.6 Å². The summed E-state index contributed by atoms with van der Waals surface area (Å²) in [5.41, 5.74) is 2.10. The molecule has 100 valence electrons. The molecule has 0 radical (unpaired) electrons. The lowest BCUT2D eigenvalue weighted by atomic mass is 9.94. The maximum absolute atomic E-state index is 13.2. The Morgan fingerprint density at radius 1 is 1.00 bits per heavy atom. The number of benzene rings is 2. The third kappa shape index (κ3) is 4.35. The van der Waals surface area contributed by atoms with Gasteiger partial charge in [-0.05, 0) is 54.2 Å². The Morgan fingerprint density at radius 3 is 2.21 bits per heavy atom. The van der Waals surface area contributed by atoms with Gasteiger partial charge in [-0.1, -0.05) is 40.2 Å². The summed E-state index contributed by atoms with van der Waals surface area (Å²) in [6.45, 7) is 0. The van der Waals surface area contributed by atoms with Crippen molar-refractivity contribution in [2.45, 2.75) is 12.8 Å². The van der Waals surface area contributed by atoms with Gasteiger partial charge in [-0.25, -0.2) is 4.39 Å². The molecule has 0 spiro atoms. The summed E-state index contributed by atoms with van der Waals surface area (Å²) < 4.78 is 13.2. The van der Waals surface area contributed by atoms with Crippen molar-refractivity contribution in [2.75, 3.05) is 5.33 Å². The van der Waals surface area contributed by atoms with Gasteiger partial charge < -0.3 is 5.11 Å². The van der Waals surface area contributed by atoms with E-state index >= 15 is 0 Å². The van der Waals surface area contributed by atoms with E-state index in [9.17, 15) is 9.50 Å². The van der Waals surface area contributed by atoms with Crippen LogP contribution in [-0.4, -0.2) is 10.4 Å². The van der Waals surface area contributed by atoms with E-state index in [1.807, 2.05) is 18.2 Å². The van der Waals surface area contributed by atoms with Crippen LogP contribution in [0, 0.1) is 11.7 Å². The lowest BCUT2D eigenvalue weighted by molar-refractivity contribution is 0.473. The van der Waals surface area contributed by atoms with Crippen molar-refractivity contribution in [1.29, 1.82) is 0 Å². The number of hydrogen-bond acceptors (Lipinski definition) is 1. The summed E-state index contributed by atoms with van der Waals surface area (Å²) in [6.07, 6.45) is 1.68. The van der Waals surface area contributed by atoms with Crippen LogP contribution in [0.1, 0.15) is 11.1 Å². The highest BCUT2D eigenvalue weighted by Gasteiger charge is 2.10. The van der Waals surface area contributed by atoms with E-state index in [0.29, 0.717) is 5.92 Å². The monoisotopic (exact) mass is 322 g/mol. The standard InChI is InChI=1S/C16H16BrFO/c17-11-14(7-12-3-1-5-15(18)9-12)8-13-4-2-6-16(19)10-13/h1-6,9-10,14,19H,7-8,11H2. The molecule has 2 aromatic carbocycles. The first-order valence-electron chi connectivity index (χ1n) is 6.25.